The van der Waals surface area contributed by atoms with Crippen molar-refractivity contribution in [2.75, 3.05) is 5.32 Å². The molecule has 1 aromatic carbocycles. The van der Waals surface area contributed by atoms with Crippen molar-refractivity contribution in [3.63, 3.8) is 0 Å². The van der Waals surface area contributed by atoms with Gasteiger partial charge in [0.15, 0.2) is 0 Å². The summed E-state index contributed by atoms with van der Waals surface area (Å²) in [5, 5.41) is 7.01. The van der Waals surface area contributed by atoms with E-state index in [9.17, 15) is 13.2 Å². The molecule has 1 amide bonds. The summed E-state index contributed by atoms with van der Waals surface area (Å²) >= 11 is 0. The molecular formula is C18H24N4O3S. The van der Waals surface area contributed by atoms with Gasteiger partial charge in [0.2, 0.25) is 15.9 Å². The molecule has 0 saturated heterocycles. The number of amides is 1. The maximum Gasteiger partial charge on any atom is 0.248 e. The van der Waals surface area contributed by atoms with Gasteiger partial charge >= 0.3 is 0 Å². The van der Waals surface area contributed by atoms with E-state index in [4.69, 9.17) is 0 Å². The summed E-state index contributed by atoms with van der Waals surface area (Å²) in [7, 11) is -1.69. The van der Waals surface area contributed by atoms with Crippen LogP contribution in [0.4, 0.5) is 5.69 Å². The summed E-state index contributed by atoms with van der Waals surface area (Å²) in [6, 6.07) is 5.84. The molecule has 8 heteroatoms. The zero-order valence-corrected chi connectivity index (χ0v) is 16.4. The second-order valence-corrected chi connectivity index (χ2v) is 8.05. The number of hydrogen-bond acceptors (Lipinski definition) is 4. The van der Waals surface area contributed by atoms with E-state index in [0.717, 1.165) is 17.0 Å². The minimum absolute atomic E-state index is 0.154. The van der Waals surface area contributed by atoms with Gasteiger partial charge in [-0.2, -0.15) is 5.10 Å². The molecule has 0 unspecified atom stereocenters. The van der Waals surface area contributed by atoms with Gasteiger partial charge in [-0.25, -0.2) is 13.1 Å². The minimum Gasteiger partial charge on any atom is -0.323 e. The molecule has 140 valence electrons. The number of carbonyl (C=O) groups is 1. The lowest BCUT2D eigenvalue weighted by Crippen LogP contribution is -2.30. The highest BCUT2D eigenvalue weighted by Crippen LogP contribution is 2.16. The second-order valence-electron chi connectivity index (χ2n) is 6.33. The number of nitrogens with zero attached hydrogens (tertiary/aromatic N) is 2. The number of anilines is 1. The summed E-state index contributed by atoms with van der Waals surface area (Å²) in [6.07, 6.45) is 3.15. The molecular weight excluding hydrogens is 352 g/mol. The number of nitrogens with one attached hydrogen (secondary N) is 2. The van der Waals surface area contributed by atoms with Crippen LogP contribution in [-0.2, 0) is 21.9 Å². The maximum atomic E-state index is 12.1. The molecule has 1 heterocycles. The first-order valence-electron chi connectivity index (χ1n) is 8.22. The van der Waals surface area contributed by atoms with Crippen molar-refractivity contribution in [1.82, 2.24) is 14.5 Å². The Kier molecular flexibility index (Phi) is 5.99. The van der Waals surface area contributed by atoms with E-state index >= 15 is 0 Å². The highest BCUT2D eigenvalue weighted by atomic mass is 32.2. The van der Waals surface area contributed by atoms with Crippen molar-refractivity contribution in [3.8, 4) is 0 Å². The Hall–Kier alpha value is -2.45. The number of sulfonamides is 1. The lowest BCUT2D eigenvalue weighted by Gasteiger charge is -2.10. The molecule has 0 aliphatic rings. The molecule has 0 atom stereocenters. The van der Waals surface area contributed by atoms with Crippen LogP contribution in [0.2, 0.25) is 0 Å². The molecule has 0 aliphatic carbocycles. The third-order valence-electron chi connectivity index (χ3n) is 3.79. The fraction of sp³-hybridized carbons (Fsp3) is 0.333. The summed E-state index contributed by atoms with van der Waals surface area (Å²) < 4.78 is 28.4. The van der Waals surface area contributed by atoms with E-state index in [0.29, 0.717) is 5.69 Å². The Bertz CT molecular complexity index is 926. The molecule has 2 rings (SSSR count). The van der Waals surface area contributed by atoms with Gasteiger partial charge in [-0.3, -0.25) is 9.48 Å². The first kappa shape index (κ1) is 19.9. The van der Waals surface area contributed by atoms with Gasteiger partial charge in [-0.15, -0.1) is 0 Å². The van der Waals surface area contributed by atoms with Gasteiger partial charge in [0.25, 0.3) is 0 Å². The van der Waals surface area contributed by atoms with E-state index < -0.39 is 10.0 Å². The molecule has 0 bridgehead atoms. The number of aryl methyl sites for hydroxylation is 2. The lowest BCUT2D eigenvalue weighted by atomic mass is 10.2. The van der Waals surface area contributed by atoms with Crippen molar-refractivity contribution in [2.24, 2.45) is 7.05 Å². The minimum atomic E-state index is -3.54. The highest BCUT2D eigenvalue weighted by Gasteiger charge is 2.15. The zero-order valence-electron chi connectivity index (χ0n) is 15.6. The van der Waals surface area contributed by atoms with Crippen LogP contribution >= 0.6 is 0 Å². The van der Waals surface area contributed by atoms with E-state index in [1.165, 1.54) is 18.2 Å². The van der Waals surface area contributed by atoms with E-state index in [1.807, 2.05) is 20.9 Å². The Morgan fingerprint density at radius 2 is 1.81 bits per heavy atom. The van der Waals surface area contributed by atoms with Gasteiger partial charge in [-0.1, -0.05) is 0 Å². The van der Waals surface area contributed by atoms with Crippen molar-refractivity contribution in [1.29, 1.82) is 0 Å². The number of aromatic nitrogens is 2. The number of benzene rings is 1. The van der Waals surface area contributed by atoms with Crippen molar-refractivity contribution < 1.29 is 13.2 Å². The van der Waals surface area contributed by atoms with Crippen LogP contribution in [0.15, 0.2) is 35.2 Å². The maximum absolute atomic E-state index is 12.1. The predicted molar refractivity (Wildman–Crippen MR) is 102 cm³/mol. The standard InChI is InChI=1S/C18H24N4O3S/c1-12(2)21-26(24,25)16-8-6-15(7-9-16)19-18(23)11-10-17-13(3)20-22(5)14(17)4/h6-12,21H,1-5H3,(H,19,23). The van der Waals surface area contributed by atoms with E-state index in [2.05, 4.69) is 15.1 Å². The topological polar surface area (TPSA) is 93.1 Å². The fourth-order valence-electron chi connectivity index (χ4n) is 2.47. The van der Waals surface area contributed by atoms with Crippen molar-refractivity contribution in [3.05, 3.63) is 47.3 Å². The Morgan fingerprint density at radius 3 is 2.31 bits per heavy atom. The predicted octanol–water partition coefficient (Wildman–Crippen LogP) is 2.38. The normalized spacial score (nSPS) is 12.1. The molecule has 1 aromatic heterocycles. The molecule has 2 aromatic rings. The average Bonchev–Trinajstić information content (AvgIpc) is 2.77. The lowest BCUT2D eigenvalue weighted by molar-refractivity contribution is -0.111. The average molecular weight is 376 g/mol. The van der Waals surface area contributed by atoms with E-state index in [1.54, 1.807) is 36.7 Å². The molecule has 7 nitrogen and oxygen atoms in total. The van der Waals surface area contributed by atoms with Gasteiger partial charge in [-0.05, 0) is 58.0 Å². The third kappa shape index (κ3) is 4.80. The third-order valence-corrected chi connectivity index (χ3v) is 5.46. The van der Waals surface area contributed by atoms with E-state index in [-0.39, 0.29) is 16.8 Å². The summed E-state index contributed by atoms with van der Waals surface area (Å²) in [5.41, 5.74) is 3.24. The van der Waals surface area contributed by atoms with Crippen LogP contribution in [0.1, 0.15) is 30.8 Å². The number of carbonyl (C=O) groups excluding carboxylic acids is 1. The molecule has 0 spiro atoms. The zero-order chi connectivity index (χ0) is 19.5. The molecule has 2 N–H and O–H groups in total. The van der Waals surface area contributed by atoms with Crippen LogP contribution in [-0.4, -0.2) is 30.1 Å². The van der Waals surface area contributed by atoms with Crippen LogP contribution in [0.3, 0.4) is 0 Å². The summed E-state index contributed by atoms with van der Waals surface area (Å²) in [6.45, 7) is 7.32. The van der Waals surface area contributed by atoms with Crippen LogP contribution < -0.4 is 10.0 Å². The smallest absolute Gasteiger partial charge is 0.248 e. The van der Waals surface area contributed by atoms with Gasteiger partial charge in [0.05, 0.1) is 10.6 Å². The fourth-order valence-corrected chi connectivity index (χ4v) is 3.72. The Morgan fingerprint density at radius 1 is 1.19 bits per heavy atom. The Balaban J connectivity index is 2.07. The SMILES string of the molecule is Cc1nn(C)c(C)c1C=CC(=O)Nc1ccc(S(=O)(=O)NC(C)C)cc1. The van der Waals surface area contributed by atoms with Crippen molar-refractivity contribution in [2.45, 2.75) is 38.6 Å². The molecule has 0 fully saturated rings. The molecule has 0 aliphatic heterocycles. The van der Waals surface area contributed by atoms with Crippen molar-refractivity contribution >= 4 is 27.7 Å². The van der Waals surface area contributed by atoms with Gasteiger partial charge in [0.1, 0.15) is 0 Å². The van der Waals surface area contributed by atoms with Gasteiger partial charge in [0, 0.05) is 36.1 Å². The van der Waals surface area contributed by atoms with Gasteiger partial charge < -0.3 is 5.32 Å². The van der Waals surface area contributed by atoms with Crippen LogP contribution in [0.5, 0.6) is 0 Å². The number of hydrogen-bond donors (Lipinski definition) is 2. The Labute approximate surface area is 154 Å². The molecule has 0 radical (unpaired) electrons. The monoisotopic (exact) mass is 376 g/mol. The van der Waals surface area contributed by atoms with Crippen LogP contribution in [0.25, 0.3) is 6.08 Å². The molecule has 0 saturated carbocycles. The first-order chi connectivity index (χ1) is 12.1. The largest absolute Gasteiger partial charge is 0.323 e. The highest BCUT2D eigenvalue weighted by molar-refractivity contribution is 7.89. The van der Waals surface area contributed by atoms with Crippen LogP contribution in [0, 0.1) is 13.8 Å². The second kappa shape index (κ2) is 7.84. The molecule has 26 heavy (non-hydrogen) atoms. The summed E-state index contributed by atoms with van der Waals surface area (Å²) in [5.74, 6) is -0.302. The number of rotatable bonds is 6. The summed E-state index contributed by atoms with van der Waals surface area (Å²) in [4.78, 5) is 12.2. The first-order valence-corrected chi connectivity index (χ1v) is 9.70. The quantitative estimate of drug-likeness (QED) is 0.757.